The van der Waals surface area contributed by atoms with E-state index in [4.69, 9.17) is 44.7 Å². The Morgan fingerprint density at radius 3 is 1.58 bits per heavy atom. The fourth-order valence-electron chi connectivity index (χ4n) is 7.93. The summed E-state index contributed by atoms with van der Waals surface area (Å²) in [5.41, 5.74) is 3.50. The third kappa shape index (κ3) is 11.1. The molecule has 0 amide bonds. The summed E-state index contributed by atoms with van der Waals surface area (Å²) in [7, 11) is 4.49. The number of likely N-dealkylation sites (N-methyl/N-ethyl adjacent to an activating group) is 1. The predicted octanol–water partition coefficient (Wildman–Crippen LogP) is -6.43. The summed E-state index contributed by atoms with van der Waals surface area (Å²) in [4.78, 5) is 24.4. The molecule has 23 heteroatoms. The fraction of sp³-hybridized carbons (Fsp3) is 0.730. The van der Waals surface area contributed by atoms with Crippen LogP contribution in [0.1, 0.15) is 42.9 Å². The lowest BCUT2D eigenvalue weighted by atomic mass is 9.95. The summed E-state index contributed by atoms with van der Waals surface area (Å²) in [6.45, 7) is 2.56. The average molecular weight is 964 g/mol. The van der Waals surface area contributed by atoms with E-state index in [-0.39, 0.29) is 28.6 Å². The number of carboxylic acid groups (broad SMARTS) is 1. The number of carbonyl (C=O) groups is 2. The topological polar surface area (TPSA) is 343 Å². The standard InChI is InChI=1S/C19H22NO4S2.C12H22O11.C6H13NO2.BrH.H2O/c1-20(2)12-9-11(10-13(20)17-16(12)24-17)23-18(21)19(22,14-5-3-7-25-14)15-6-4-8-26-15;13-1-3-5(15)7(17)9(19)11(21-3)23-12-10(20)8(18)6(16)4(2-14)22-12;1-4(2)3-5(7)6(8)9;;/h3-8,11-13,16-17,22H,9-10H2,1-2H3;3-20H,1-2H2;4-5H,3,7H2,1-2H3,(H,8,9);1H;1H2/q+1;;;;/p-1/t11?,12-,13+,16-,17+;3-,4-,5-,6-,7+,8+,9-,10-,11-,12-;5-;;/m.10../s1. The van der Waals surface area contributed by atoms with Crippen molar-refractivity contribution in [3.63, 3.8) is 0 Å². The van der Waals surface area contributed by atoms with Crippen LogP contribution < -0.4 is 22.7 Å². The summed E-state index contributed by atoms with van der Waals surface area (Å²) >= 11 is 2.74. The van der Waals surface area contributed by atoms with Crippen molar-refractivity contribution in [2.75, 3.05) is 27.3 Å². The maximum absolute atomic E-state index is 13.1. The van der Waals surface area contributed by atoms with Gasteiger partial charge in [0.05, 0.1) is 37.1 Å². The van der Waals surface area contributed by atoms with Crippen molar-refractivity contribution in [1.82, 2.24) is 0 Å². The number of thiophene rings is 2. The fourth-order valence-corrected chi connectivity index (χ4v) is 9.64. The number of carboxylic acids is 1. The number of ether oxygens (including phenoxy) is 5. The van der Waals surface area contributed by atoms with Crippen LogP contribution >= 0.6 is 22.7 Å². The van der Waals surface area contributed by atoms with Crippen molar-refractivity contribution in [3.8, 4) is 0 Å². The molecule has 60 heavy (non-hydrogen) atoms. The largest absolute Gasteiger partial charge is 1.00 e. The Hall–Kier alpha value is -1.82. The summed E-state index contributed by atoms with van der Waals surface area (Å²) in [5.74, 6) is -1.12. The van der Waals surface area contributed by atoms with Gasteiger partial charge in [0.25, 0.3) is 0 Å². The number of nitrogens with zero attached hydrogens (tertiary/aromatic N) is 1. The zero-order valence-corrected chi connectivity index (χ0v) is 36.6. The number of hydrogen-bond donors (Lipinski definition) is 11. The van der Waals surface area contributed by atoms with Gasteiger partial charge in [0.1, 0.15) is 85.3 Å². The van der Waals surface area contributed by atoms with Crippen LogP contribution in [-0.2, 0) is 38.9 Å². The van der Waals surface area contributed by atoms with Crippen LogP contribution in [-0.4, -0.2) is 198 Å². The van der Waals surface area contributed by atoms with Gasteiger partial charge < -0.3 is 107 Å². The molecular formula is C37H59BrN2O18S2. The first-order valence-electron chi connectivity index (χ1n) is 19.0. The van der Waals surface area contributed by atoms with Gasteiger partial charge in [-0.05, 0) is 35.2 Å². The predicted molar refractivity (Wildman–Crippen MR) is 206 cm³/mol. The second kappa shape index (κ2) is 21.7. The number of aliphatic carboxylic acids is 1. The number of carbonyl (C=O) groups excluding carboxylic acids is 1. The number of epoxide rings is 1. The molecule has 0 saturated carbocycles. The first kappa shape index (κ1) is 52.5. The number of nitrogens with two attached hydrogens (primary N) is 1. The van der Waals surface area contributed by atoms with Crippen molar-refractivity contribution in [2.24, 2.45) is 11.7 Å². The first-order chi connectivity index (χ1) is 27.3. The second-order valence-corrected chi connectivity index (χ2v) is 18.0. The highest BCUT2D eigenvalue weighted by atomic mass is 79.9. The van der Waals surface area contributed by atoms with Crippen LogP contribution in [0.3, 0.4) is 0 Å². The van der Waals surface area contributed by atoms with Gasteiger partial charge >= 0.3 is 11.9 Å². The lowest BCUT2D eigenvalue weighted by Crippen LogP contribution is -3.00. The molecule has 2 aromatic heterocycles. The quantitative estimate of drug-likeness (QED) is 0.0567. The van der Waals surface area contributed by atoms with Gasteiger partial charge in [0, 0.05) is 12.8 Å². The first-order valence-corrected chi connectivity index (χ1v) is 20.8. The monoisotopic (exact) mass is 962 g/mol. The van der Waals surface area contributed by atoms with E-state index in [1.54, 1.807) is 12.1 Å². The van der Waals surface area contributed by atoms with E-state index in [2.05, 4.69) is 14.1 Å². The van der Waals surface area contributed by atoms with E-state index >= 15 is 0 Å². The Morgan fingerprint density at radius 2 is 1.25 bits per heavy atom. The number of halogens is 1. The molecule has 5 fully saturated rings. The molecule has 20 nitrogen and oxygen atoms in total. The highest BCUT2D eigenvalue weighted by molar-refractivity contribution is 7.12. The van der Waals surface area contributed by atoms with Gasteiger partial charge in [-0.3, -0.25) is 4.79 Å². The number of quaternary nitrogens is 1. The second-order valence-electron chi connectivity index (χ2n) is 16.1. The Labute approximate surface area is 364 Å². The molecule has 344 valence electrons. The van der Waals surface area contributed by atoms with Crippen LogP contribution in [0, 0.1) is 5.92 Å². The molecular weight excluding hydrogens is 904 g/mol. The Morgan fingerprint density at radius 1 is 0.817 bits per heavy atom. The van der Waals surface area contributed by atoms with Gasteiger partial charge in [0.2, 0.25) is 5.60 Å². The van der Waals surface area contributed by atoms with Crippen LogP contribution in [0.4, 0.5) is 0 Å². The van der Waals surface area contributed by atoms with Gasteiger partial charge in [-0.25, -0.2) is 4.79 Å². The molecule has 0 aliphatic carbocycles. The van der Waals surface area contributed by atoms with Gasteiger partial charge in [-0.15, -0.1) is 22.7 Å². The Bertz CT molecular complexity index is 1530. The minimum atomic E-state index is -1.72. The van der Waals surface area contributed by atoms with Gasteiger partial charge in [-0.1, -0.05) is 26.0 Å². The lowest BCUT2D eigenvalue weighted by molar-refractivity contribution is -0.938. The molecule has 2 aromatic rings. The minimum absolute atomic E-state index is 0. The van der Waals surface area contributed by atoms with Crippen LogP contribution in [0.5, 0.6) is 0 Å². The van der Waals surface area contributed by atoms with E-state index in [0.717, 1.165) is 17.3 Å². The lowest BCUT2D eigenvalue weighted by Gasteiger charge is -2.45. The van der Waals surface area contributed by atoms with Crippen LogP contribution in [0.25, 0.3) is 0 Å². The maximum atomic E-state index is 13.1. The molecule has 14 N–H and O–H groups in total. The zero-order valence-electron chi connectivity index (χ0n) is 33.4. The summed E-state index contributed by atoms with van der Waals surface area (Å²) in [6.07, 6.45) is -13.0. The third-order valence-corrected chi connectivity index (χ3v) is 13.3. The molecule has 7 heterocycles. The molecule has 7 rings (SSSR count). The summed E-state index contributed by atoms with van der Waals surface area (Å²) in [6, 6.07) is 7.32. The normalized spacial score (nSPS) is 36.8. The Kier molecular flexibility index (Phi) is 19.0. The number of morpholine rings is 1. The number of aliphatic hydroxyl groups is 9. The van der Waals surface area contributed by atoms with Crippen molar-refractivity contribution in [2.45, 2.75) is 137 Å². The molecule has 16 atom stereocenters. The summed E-state index contributed by atoms with van der Waals surface area (Å²) in [5, 5.41) is 99.8. The van der Waals surface area contributed by atoms with Crippen molar-refractivity contribution < 1.29 is 111 Å². The molecule has 0 radical (unpaired) electrons. The highest BCUT2D eigenvalue weighted by Crippen LogP contribution is 2.52. The molecule has 5 aliphatic heterocycles. The molecule has 0 aromatic carbocycles. The number of aliphatic hydroxyl groups excluding tert-OH is 8. The number of rotatable bonds is 11. The highest BCUT2D eigenvalue weighted by Gasteiger charge is 2.71. The average Bonchev–Trinajstić information content (AvgIpc) is 3.46. The SMILES string of the molecule is CC(C)C[C@H](N)C(=O)O.C[N+]1(C)[C@@H]2CC(OC(=O)C(O)(c3cccs3)c3cccs3)C[C@H]1[C@@H]1O[C@@H]12.O.OC[C@H]1O[C@H](O[C@H]2O[C@H](CO)[C@@H](O)[C@H](O)[C@H]2O)[C@H](O)[C@@H](O)[C@@H]1O.[Br-]. The smallest absolute Gasteiger partial charge is 0.349 e. The van der Waals surface area contributed by atoms with Crippen molar-refractivity contribution in [1.29, 1.82) is 0 Å². The maximum Gasteiger partial charge on any atom is 0.349 e. The van der Waals surface area contributed by atoms with Crippen LogP contribution in [0.15, 0.2) is 35.0 Å². The number of hydrogen-bond acceptors (Lipinski definition) is 19. The van der Waals surface area contributed by atoms with Gasteiger partial charge in [0.15, 0.2) is 12.6 Å². The van der Waals surface area contributed by atoms with E-state index in [1.807, 2.05) is 36.7 Å². The molecule has 2 bridgehead atoms. The van der Waals surface area contributed by atoms with E-state index in [1.165, 1.54) is 22.7 Å². The Balaban J connectivity index is 0.000000262. The van der Waals surface area contributed by atoms with Crippen LogP contribution in [0.2, 0.25) is 0 Å². The molecule has 1 unspecified atom stereocenters. The molecule has 0 spiro atoms. The summed E-state index contributed by atoms with van der Waals surface area (Å²) < 4.78 is 28.0. The number of piperidine rings is 1. The van der Waals surface area contributed by atoms with Gasteiger partial charge in [-0.2, -0.15) is 0 Å². The molecule has 5 aliphatic rings. The van der Waals surface area contributed by atoms with E-state index in [0.29, 0.717) is 46.4 Å². The minimum Gasteiger partial charge on any atom is -1.00 e. The van der Waals surface area contributed by atoms with Crippen molar-refractivity contribution in [3.05, 3.63) is 44.8 Å². The number of fused-ring (bicyclic) bond motifs is 5. The van der Waals surface area contributed by atoms with E-state index in [9.17, 15) is 45.3 Å². The third-order valence-electron chi connectivity index (χ3n) is 11.4. The van der Waals surface area contributed by atoms with E-state index < -0.39 is 98.2 Å². The number of esters is 1. The molecule has 5 saturated heterocycles. The van der Waals surface area contributed by atoms with Crippen molar-refractivity contribution >= 4 is 34.6 Å². The zero-order chi connectivity index (χ0) is 42.9.